The molecule has 6 nitrogen and oxygen atoms in total. The van der Waals surface area contributed by atoms with Crippen molar-refractivity contribution in [2.75, 3.05) is 45.8 Å². The summed E-state index contributed by atoms with van der Waals surface area (Å²) in [6, 6.07) is 0. The second kappa shape index (κ2) is 9.62. The van der Waals surface area contributed by atoms with Crippen molar-refractivity contribution in [3.05, 3.63) is 0 Å². The van der Waals surface area contributed by atoms with E-state index in [1.54, 1.807) is 0 Å². The molecule has 0 aliphatic rings. The van der Waals surface area contributed by atoms with Gasteiger partial charge in [-0.25, -0.2) is 8.42 Å². The zero-order chi connectivity index (χ0) is 14.0. The lowest BCUT2D eigenvalue weighted by molar-refractivity contribution is 0.160. The van der Waals surface area contributed by atoms with Crippen LogP contribution < -0.4 is 5.73 Å². The van der Waals surface area contributed by atoms with Gasteiger partial charge in [-0.2, -0.15) is 4.31 Å². The molecule has 0 heterocycles. The zero-order valence-corrected chi connectivity index (χ0v) is 12.6. The van der Waals surface area contributed by atoms with E-state index in [1.165, 1.54) is 11.4 Å². The van der Waals surface area contributed by atoms with Crippen LogP contribution in [0.5, 0.6) is 0 Å². The number of rotatable bonds is 11. The molecule has 0 aliphatic carbocycles. The Morgan fingerprint density at radius 2 is 2.00 bits per heavy atom. The third kappa shape index (κ3) is 7.93. The van der Waals surface area contributed by atoms with Gasteiger partial charge in [-0.3, -0.25) is 0 Å². The highest BCUT2D eigenvalue weighted by Gasteiger charge is 2.21. The van der Waals surface area contributed by atoms with Crippen LogP contribution in [0.1, 0.15) is 13.3 Å². The third-order valence-electron chi connectivity index (χ3n) is 2.24. The summed E-state index contributed by atoms with van der Waals surface area (Å²) in [5.41, 5.74) is 5.39. The topological polar surface area (TPSA) is 81.9 Å². The largest absolute Gasteiger partial charge is 0.393 e. The van der Waals surface area contributed by atoms with Gasteiger partial charge in [-0.15, -0.1) is 0 Å². The summed E-state index contributed by atoms with van der Waals surface area (Å²) in [5.74, 6) is -0.0398. The van der Waals surface area contributed by atoms with Gasteiger partial charge in [0.2, 0.25) is 10.0 Å². The molecule has 0 saturated heterocycles. The van der Waals surface area contributed by atoms with Crippen molar-refractivity contribution >= 4 is 27.2 Å². The first-order chi connectivity index (χ1) is 8.44. The molecule has 2 N–H and O–H groups in total. The lowest BCUT2D eigenvalue weighted by Crippen LogP contribution is -2.38. The van der Waals surface area contributed by atoms with Gasteiger partial charge in [0.1, 0.15) is 0 Å². The van der Waals surface area contributed by atoms with Crippen molar-refractivity contribution in [2.45, 2.75) is 13.3 Å². The molecule has 0 spiro atoms. The van der Waals surface area contributed by atoms with Gasteiger partial charge in [-0.05, 0) is 6.92 Å². The minimum atomic E-state index is -3.35. The number of ether oxygens (including phenoxy) is 2. The van der Waals surface area contributed by atoms with Gasteiger partial charge in [0.25, 0.3) is 0 Å². The van der Waals surface area contributed by atoms with Crippen molar-refractivity contribution in [2.24, 2.45) is 5.73 Å². The third-order valence-corrected chi connectivity index (χ3v) is 4.27. The number of hydrogen-bond acceptors (Lipinski definition) is 5. The maximum absolute atomic E-state index is 12.0. The van der Waals surface area contributed by atoms with Crippen LogP contribution in [0.2, 0.25) is 0 Å². The van der Waals surface area contributed by atoms with E-state index in [0.717, 1.165) is 0 Å². The van der Waals surface area contributed by atoms with Crippen molar-refractivity contribution in [3.8, 4) is 0 Å². The first kappa shape index (κ1) is 17.7. The second-order valence-corrected chi connectivity index (χ2v) is 6.23. The molecule has 0 aliphatic heterocycles. The van der Waals surface area contributed by atoms with Crippen LogP contribution in [0, 0.1) is 0 Å². The summed E-state index contributed by atoms with van der Waals surface area (Å²) in [5, 5.41) is 0. The van der Waals surface area contributed by atoms with Crippen LogP contribution in [0.15, 0.2) is 0 Å². The van der Waals surface area contributed by atoms with Gasteiger partial charge in [0.05, 0.1) is 24.0 Å². The van der Waals surface area contributed by atoms with E-state index in [2.05, 4.69) is 0 Å². The van der Waals surface area contributed by atoms with Crippen LogP contribution in [0.4, 0.5) is 0 Å². The molecule has 0 unspecified atom stereocenters. The Balaban J connectivity index is 4.44. The van der Waals surface area contributed by atoms with Gasteiger partial charge >= 0.3 is 0 Å². The number of hydrogen-bond donors (Lipinski definition) is 1. The van der Waals surface area contributed by atoms with Crippen molar-refractivity contribution in [1.29, 1.82) is 0 Å². The van der Waals surface area contributed by atoms with Crippen LogP contribution in [-0.2, 0) is 19.5 Å². The molecule has 0 aromatic carbocycles. The maximum Gasteiger partial charge on any atom is 0.216 e. The van der Waals surface area contributed by atoms with Crippen molar-refractivity contribution < 1.29 is 17.9 Å². The second-order valence-electron chi connectivity index (χ2n) is 3.62. The minimum absolute atomic E-state index is 0.0398. The molecule has 0 fully saturated rings. The Labute approximate surface area is 114 Å². The Hall–Kier alpha value is -0.280. The molecular formula is C10H22N2O4S2. The van der Waals surface area contributed by atoms with Crippen LogP contribution in [0.25, 0.3) is 0 Å². The molecule has 0 atom stereocenters. The summed E-state index contributed by atoms with van der Waals surface area (Å²) < 4.78 is 35.4. The SMILES string of the molecule is CCOCCS(=O)(=O)N(CCOC)CCC(N)=S. The monoisotopic (exact) mass is 298 g/mol. The molecule has 0 saturated carbocycles. The average Bonchev–Trinajstić information content (AvgIpc) is 2.28. The molecule has 0 radical (unpaired) electrons. The van der Waals surface area contributed by atoms with E-state index in [9.17, 15) is 8.42 Å². The van der Waals surface area contributed by atoms with E-state index in [1.807, 2.05) is 6.92 Å². The molecular weight excluding hydrogens is 276 g/mol. The van der Waals surface area contributed by atoms with E-state index in [4.69, 9.17) is 27.4 Å². The van der Waals surface area contributed by atoms with Gasteiger partial charge < -0.3 is 15.2 Å². The predicted octanol–water partition coefficient (Wildman–Crippen LogP) is -0.0227. The Bertz CT molecular complexity index is 333. The fourth-order valence-electron chi connectivity index (χ4n) is 1.26. The first-order valence-corrected chi connectivity index (χ1v) is 7.78. The average molecular weight is 298 g/mol. The molecule has 0 aromatic heterocycles. The number of thiocarbonyl (C=S) groups is 1. The molecule has 18 heavy (non-hydrogen) atoms. The van der Waals surface area contributed by atoms with Crippen molar-refractivity contribution in [3.63, 3.8) is 0 Å². The Morgan fingerprint density at radius 1 is 1.33 bits per heavy atom. The first-order valence-electron chi connectivity index (χ1n) is 5.76. The van der Waals surface area contributed by atoms with Gasteiger partial charge in [0, 0.05) is 33.2 Å². The number of sulfonamides is 1. The van der Waals surface area contributed by atoms with Gasteiger partial charge in [0.15, 0.2) is 0 Å². The standard InChI is InChI=1S/C10H22N2O4S2/c1-3-16-8-9-18(13,14)12(6-7-15-2)5-4-10(11)17/h3-9H2,1-2H3,(H2,11,17). The number of nitrogens with zero attached hydrogens (tertiary/aromatic N) is 1. The Morgan fingerprint density at radius 3 is 2.50 bits per heavy atom. The summed E-state index contributed by atoms with van der Waals surface area (Å²) in [7, 11) is -1.82. The number of methoxy groups -OCH3 is 1. The number of nitrogens with two attached hydrogens (primary N) is 1. The molecule has 0 rings (SSSR count). The molecule has 0 amide bonds. The highest BCUT2D eigenvalue weighted by atomic mass is 32.2. The van der Waals surface area contributed by atoms with E-state index in [-0.39, 0.29) is 18.9 Å². The summed E-state index contributed by atoms with van der Waals surface area (Å²) in [6.45, 7) is 3.43. The summed E-state index contributed by atoms with van der Waals surface area (Å²) >= 11 is 4.76. The Kier molecular flexibility index (Phi) is 9.47. The molecule has 108 valence electrons. The maximum atomic E-state index is 12.0. The fraction of sp³-hybridized carbons (Fsp3) is 0.900. The van der Waals surface area contributed by atoms with Crippen LogP contribution in [0.3, 0.4) is 0 Å². The zero-order valence-electron chi connectivity index (χ0n) is 10.9. The fourth-order valence-corrected chi connectivity index (χ4v) is 2.66. The van der Waals surface area contributed by atoms with Gasteiger partial charge in [-0.1, -0.05) is 12.2 Å². The predicted molar refractivity (Wildman–Crippen MR) is 75.1 cm³/mol. The highest BCUT2D eigenvalue weighted by molar-refractivity contribution is 7.89. The lowest BCUT2D eigenvalue weighted by Gasteiger charge is -2.21. The summed E-state index contributed by atoms with van der Waals surface area (Å²) in [4.78, 5) is 0.303. The summed E-state index contributed by atoms with van der Waals surface area (Å²) in [6.07, 6.45) is 0.368. The smallest absolute Gasteiger partial charge is 0.216 e. The van der Waals surface area contributed by atoms with Crippen LogP contribution in [-0.4, -0.2) is 63.5 Å². The van der Waals surface area contributed by atoms with Crippen LogP contribution >= 0.6 is 12.2 Å². The quantitative estimate of drug-likeness (QED) is 0.426. The molecule has 0 bridgehead atoms. The normalized spacial score (nSPS) is 11.9. The highest BCUT2D eigenvalue weighted by Crippen LogP contribution is 2.03. The molecule has 8 heteroatoms. The van der Waals surface area contributed by atoms with Crippen molar-refractivity contribution in [1.82, 2.24) is 4.31 Å². The molecule has 0 aromatic rings. The van der Waals surface area contributed by atoms with E-state index >= 15 is 0 Å². The lowest BCUT2D eigenvalue weighted by atomic mass is 10.4. The van der Waals surface area contributed by atoms with E-state index < -0.39 is 10.0 Å². The van der Waals surface area contributed by atoms with E-state index in [0.29, 0.717) is 31.2 Å². The minimum Gasteiger partial charge on any atom is -0.393 e.